The summed E-state index contributed by atoms with van der Waals surface area (Å²) in [5.74, 6) is 0.245. The Balaban J connectivity index is 1.46. The Morgan fingerprint density at radius 1 is 1.22 bits per heavy atom. The fraction of sp³-hybridized carbons (Fsp3) is 0.571. The molecule has 1 saturated heterocycles. The number of carbonyl (C=O) groups excluding carboxylic acids is 1. The van der Waals surface area contributed by atoms with Crippen LogP contribution in [0.2, 0.25) is 0 Å². The summed E-state index contributed by atoms with van der Waals surface area (Å²) < 4.78 is 2.23. The Morgan fingerprint density at radius 2 is 1.94 bits per heavy atom. The predicted octanol–water partition coefficient (Wildman–Crippen LogP) is 3.74. The Morgan fingerprint density at radius 3 is 2.61 bits per heavy atom. The average Bonchev–Trinajstić information content (AvgIpc) is 3.22. The molecule has 4 unspecified atom stereocenters. The highest BCUT2D eigenvalue weighted by molar-refractivity contribution is 5.92. The quantitative estimate of drug-likeness (QED) is 0.321. The standard InChI is InChI=1S/C28H41N5O3/c1-19-9-10-22(27(34)30-36)7-6-8-24(19)17-31-12-11-23-13-25(14-29-26(23)31)32-15-20(2)33(21(3)16-32)18-28(4,5)35/h6,8,10-14,19-21,24,35-36H,7,9,15-18H2,1-5H3,(H,30,34). The molecule has 0 bridgehead atoms. The van der Waals surface area contributed by atoms with Gasteiger partial charge in [-0.25, -0.2) is 10.5 Å². The van der Waals surface area contributed by atoms with E-state index in [0.29, 0.717) is 42.5 Å². The number of hydroxylamine groups is 1. The molecule has 196 valence electrons. The summed E-state index contributed by atoms with van der Waals surface area (Å²) in [6.07, 6.45) is 11.6. The minimum Gasteiger partial charge on any atom is -0.389 e. The average molecular weight is 496 g/mol. The molecule has 36 heavy (non-hydrogen) atoms. The van der Waals surface area contributed by atoms with Gasteiger partial charge in [0.2, 0.25) is 0 Å². The molecule has 2 aromatic heterocycles. The van der Waals surface area contributed by atoms with Crippen molar-refractivity contribution in [3.63, 3.8) is 0 Å². The van der Waals surface area contributed by atoms with Gasteiger partial charge in [-0.3, -0.25) is 14.9 Å². The summed E-state index contributed by atoms with van der Waals surface area (Å²) in [6.45, 7) is 13.7. The molecule has 3 N–H and O–H groups in total. The first-order valence-corrected chi connectivity index (χ1v) is 13.0. The van der Waals surface area contributed by atoms with Gasteiger partial charge >= 0.3 is 0 Å². The van der Waals surface area contributed by atoms with E-state index in [-0.39, 0.29) is 0 Å². The molecule has 0 saturated carbocycles. The van der Waals surface area contributed by atoms with E-state index in [9.17, 15) is 9.90 Å². The number of aromatic nitrogens is 2. The topological polar surface area (TPSA) is 93.9 Å². The Bertz CT molecular complexity index is 1120. The van der Waals surface area contributed by atoms with E-state index in [1.807, 2.05) is 32.2 Å². The van der Waals surface area contributed by atoms with Gasteiger partial charge in [0.1, 0.15) is 5.65 Å². The maximum absolute atomic E-state index is 11.8. The molecule has 1 amide bonds. The van der Waals surface area contributed by atoms with E-state index >= 15 is 0 Å². The largest absolute Gasteiger partial charge is 0.389 e. The van der Waals surface area contributed by atoms with Gasteiger partial charge < -0.3 is 14.6 Å². The van der Waals surface area contributed by atoms with Crippen molar-refractivity contribution in [1.82, 2.24) is 19.9 Å². The number of hydrogen-bond donors (Lipinski definition) is 3. The van der Waals surface area contributed by atoms with Gasteiger partial charge in [0.15, 0.2) is 0 Å². The van der Waals surface area contributed by atoms with Crippen LogP contribution >= 0.6 is 0 Å². The van der Waals surface area contributed by atoms with Gasteiger partial charge in [0.25, 0.3) is 5.91 Å². The van der Waals surface area contributed by atoms with Crippen LogP contribution in [0.1, 0.15) is 47.5 Å². The number of allylic oxidation sites excluding steroid dienone is 3. The van der Waals surface area contributed by atoms with Crippen molar-refractivity contribution in [1.29, 1.82) is 0 Å². The Labute approximate surface area is 214 Å². The number of hydrogen-bond acceptors (Lipinski definition) is 6. The van der Waals surface area contributed by atoms with Crippen molar-refractivity contribution >= 4 is 22.6 Å². The fourth-order valence-corrected chi connectivity index (χ4v) is 5.58. The number of β-amino-alcohol motifs (C(OH)–C–C–N with tert-alkyl or cyclic N) is 1. The van der Waals surface area contributed by atoms with E-state index in [1.165, 1.54) is 0 Å². The number of piperazine rings is 1. The molecule has 3 heterocycles. The molecule has 1 fully saturated rings. The van der Waals surface area contributed by atoms with E-state index in [1.54, 1.807) is 5.48 Å². The molecule has 8 heteroatoms. The number of fused-ring (bicyclic) bond motifs is 1. The monoisotopic (exact) mass is 495 g/mol. The van der Waals surface area contributed by atoms with Crippen LogP contribution in [-0.2, 0) is 11.3 Å². The molecule has 2 aromatic rings. The van der Waals surface area contributed by atoms with Gasteiger partial charge in [0.05, 0.1) is 17.5 Å². The predicted molar refractivity (Wildman–Crippen MR) is 143 cm³/mol. The second-order valence-electron chi connectivity index (χ2n) is 11.3. The Kier molecular flexibility index (Phi) is 7.87. The fourth-order valence-electron chi connectivity index (χ4n) is 5.58. The van der Waals surface area contributed by atoms with Crippen molar-refractivity contribution in [2.45, 2.75) is 71.7 Å². The van der Waals surface area contributed by atoms with E-state index in [2.05, 4.69) is 59.5 Å². The maximum atomic E-state index is 11.8. The number of rotatable bonds is 6. The van der Waals surface area contributed by atoms with E-state index in [4.69, 9.17) is 10.2 Å². The molecule has 8 nitrogen and oxygen atoms in total. The summed E-state index contributed by atoms with van der Waals surface area (Å²) in [5, 5.41) is 20.4. The SMILES string of the molecule is CC1CC=C(C(=O)NO)CC=CC1Cn1ccc2cc(N3CC(C)N(CC(C)(C)O)C(C)C3)cnc21. The number of aliphatic hydroxyl groups is 1. The van der Waals surface area contributed by atoms with E-state index < -0.39 is 11.5 Å². The first kappa shape index (κ1) is 26.4. The molecular formula is C28H41N5O3. The molecule has 4 rings (SSSR count). The number of nitrogens with zero attached hydrogens (tertiary/aromatic N) is 4. The minimum absolute atomic E-state index is 0.322. The minimum atomic E-state index is -0.704. The first-order chi connectivity index (χ1) is 17.1. The molecule has 0 radical (unpaired) electrons. The number of anilines is 1. The number of pyridine rings is 1. The van der Waals surface area contributed by atoms with Gasteiger partial charge in [-0.1, -0.05) is 25.2 Å². The normalized spacial score (nSPS) is 26.0. The molecule has 0 spiro atoms. The van der Waals surface area contributed by atoms with Crippen molar-refractivity contribution < 1.29 is 15.1 Å². The zero-order valence-corrected chi connectivity index (χ0v) is 22.2. The van der Waals surface area contributed by atoms with Crippen LogP contribution in [0.3, 0.4) is 0 Å². The molecule has 4 atom stereocenters. The van der Waals surface area contributed by atoms with Crippen LogP contribution in [-0.4, -0.2) is 68.0 Å². The van der Waals surface area contributed by atoms with Crippen LogP contribution in [0, 0.1) is 11.8 Å². The second-order valence-corrected chi connectivity index (χ2v) is 11.3. The van der Waals surface area contributed by atoms with Crippen molar-refractivity contribution in [2.75, 3.05) is 24.5 Å². The van der Waals surface area contributed by atoms with E-state index in [0.717, 1.165) is 42.8 Å². The lowest BCUT2D eigenvalue weighted by atomic mass is 9.87. The number of nitrogens with one attached hydrogen (secondary N) is 1. The zero-order valence-electron chi connectivity index (χ0n) is 22.2. The number of amides is 1. The van der Waals surface area contributed by atoms with Crippen LogP contribution in [0.25, 0.3) is 11.0 Å². The third-order valence-electron chi connectivity index (χ3n) is 7.61. The second kappa shape index (κ2) is 10.7. The molecular weight excluding hydrogens is 454 g/mol. The third kappa shape index (κ3) is 5.99. The van der Waals surface area contributed by atoms with Crippen molar-refractivity contribution in [2.24, 2.45) is 11.8 Å². The van der Waals surface area contributed by atoms with Crippen LogP contribution < -0.4 is 10.4 Å². The summed E-state index contributed by atoms with van der Waals surface area (Å²) >= 11 is 0. The summed E-state index contributed by atoms with van der Waals surface area (Å²) in [5.41, 5.74) is 3.76. The van der Waals surface area contributed by atoms with Gasteiger partial charge in [-0.2, -0.15) is 0 Å². The third-order valence-corrected chi connectivity index (χ3v) is 7.61. The van der Waals surface area contributed by atoms with Crippen molar-refractivity contribution in [3.8, 4) is 0 Å². The van der Waals surface area contributed by atoms with Crippen molar-refractivity contribution in [3.05, 3.63) is 48.3 Å². The lowest BCUT2D eigenvalue weighted by Crippen LogP contribution is -2.59. The summed E-state index contributed by atoms with van der Waals surface area (Å²) in [4.78, 5) is 21.5. The van der Waals surface area contributed by atoms with Gasteiger partial charge in [-0.05, 0) is 64.5 Å². The molecule has 0 aromatic carbocycles. The lowest BCUT2D eigenvalue weighted by Gasteiger charge is -2.47. The molecule has 1 aliphatic heterocycles. The lowest BCUT2D eigenvalue weighted by molar-refractivity contribution is -0.125. The molecule has 2 aliphatic rings. The summed E-state index contributed by atoms with van der Waals surface area (Å²) in [7, 11) is 0. The number of carbonyl (C=O) groups is 1. The smallest absolute Gasteiger partial charge is 0.270 e. The highest BCUT2D eigenvalue weighted by atomic mass is 16.5. The maximum Gasteiger partial charge on any atom is 0.270 e. The summed E-state index contributed by atoms with van der Waals surface area (Å²) in [6, 6.07) is 5.06. The van der Waals surface area contributed by atoms with Gasteiger partial charge in [0, 0.05) is 55.4 Å². The highest BCUT2D eigenvalue weighted by Crippen LogP contribution is 2.29. The van der Waals surface area contributed by atoms with Crippen LogP contribution in [0.15, 0.2) is 48.3 Å². The first-order valence-electron chi connectivity index (χ1n) is 13.0. The zero-order chi connectivity index (χ0) is 26.0. The molecule has 1 aliphatic carbocycles. The van der Waals surface area contributed by atoms with Gasteiger partial charge in [-0.15, -0.1) is 0 Å². The highest BCUT2D eigenvalue weighted by Gasteiger charge is 2.33. The van der Waals surface area contributed by atoms with Crippen LogP contribution in [0.4, 0.5) is 5.69 Å². The Hall–Kier alpha value is -2.68. The van der Waals surface area contributed by atoms with Crippen LogP contribution in [0.5, 0.6) is 0 Å².